The Labute approximate surface area is 130 Å². The van der Waals surface area contributed by atoms with Gasteiger partial charge in [-0.25, -0.2) is 4.79 Å². The molecule has 0 aliphatic carbocycles. The van der Waals surface area contributed by atoms with Gasteiger partial charge in [-0.3, -0.25) is 9.67 Å². The number of aryl methyl sites for hydroxylation is 1. The van der Waals surface area contributed by atoms with E-state index in [1.807, 2.05) is 6.07 Å². The number of carbonyl (C=O) groups is 1. The van der Waals surface area contributed by atoms with Gasteiger partial charge in [0.25, 0.3) is 0 Å². The first kappa shape index (κ1) is 16.8. The van der Waals surface area contributed by atoms with Crippen LogP contribution in [0.3, 0.4) is 0 Å². The first-order valence-corrected chi connectivity index (χ1v) is 6.83. The molecule has 23 heavy (non-hydrogen) atoms. The van der Waals surface area contributed by atoms with Gasteiger partial charge in [0.2, 0.25) is 0 Å². The van der Waals surface area contributed by atoms with E-state index in [0.29, 0.717) is 6.42 Å². The minimum absolute atomic E-state index is 0.273. The van der Waals surface area contributed by atoms with Crippen molar-refractivity contribution >= 4 is 11.7 Å². The number of carbonyl (C=O) groups excluding carboxylic acids is 1. The van der Waals surface area contributed by atoms with Crippen molar-refractivity contribution in [3.05, 3.63) is 42.0 Å². The molecule has 2 aromatic rings. The van der Waals surface area contributed by atoms with E-state index < -0.39 is 17.9 Å². The largest absolute Gasteiger partial charge is 0.437 e. The van der Waals surface area contributed by atoms with Gasteiger partial charge in [0, 0.05) is 31.7 Å². The summed E-state index contributed by atoms with van der Waals surface area (Å²) in [6.07, 6.45) is 0.286. The highest BCUT2D eigenvalue weighted by Gasteiger charge is 2.37. The van der Waals surface area contributed by atoms with Gasteiger partial charge >= 0.3 is 12.2 Å². The maximum absolute atomic E-state index is 12.8. The van der Waals surface area contributed by atoms with Gasteiger partial charge in [0.05, 0.1) is 5.69 Å². The molecule has 0 aliphatic rings. The van der Waals surface area contributed by atoms with Crippen LogP contribution in [0.4, 0.5) is 23.7 Å². The van der Waals surface area contributed by atoms with E-state index in [4.69, 9.17) is 0 Å². The van der Waals surface area contributed by atoms with Crippen molar-refractivity contribution in [2.75, 3.05) is 5.32 Å². The standard InChI is InChI=1S/C14H16F3N5O/c1-9(6-10-4-3-5-18-7-10)19-13(23)20-11-8-22(2)21-12(11)14(15,16)17/h3-5,7-9H,6H2,1-2H3,(H2,19,20,23). The second-order valence-electron chi connectivity index (χ2n) is 5.13. The Kier molecular flexibility index (Phi) is 4.87. The smallest absolute Gasteiger partial charge is 0.335 e. The predicted molar refractivity (Wildman–Crippen MR) is 77.8 cm³/mol. The Morgan fingerprint density at radius 1 is 1.43 bits per heavy atom. The molecule has 0 spiro atoms. The number of hydrogen-bond acceptors (Lipinski definition) is 3. The third kappa shape index (κ3) is 4.70. The van der Waals surface area contributed by atoms with Crippen LogP contribution in [0.1, 0.15) is 18.2 Å². The molecule has 0 aliphatic heterocycles. The summed E-state index contributed by atoms with van der Waals surface area (Å²) in [6, 6.07) is 2.63. The molecule has 2 aromatic heterocycles. The molecule has 0 saturated heterocycles. The zero-order chi connectivity index (χ0) is 17.0. The number of rotatable bonds is 4. The lowest BCUT2D eigenvalue weighted by molar-refractivity contribution is -0.140. The molecule has 0 aromatic carbocycles. The average Bonchev–Trinajstić information content (AvgIpc) is 2.80. The number of aromatic nitrogens is 3. The van der Waals surface area contributed by atoms with Gasteiger partial charge < -0.3 is 10.6 Å². The van der Waals surface area contributed by atoms with E-state index >= 15 is 0 Å². The number of nitrogens with one attached hydrogen (secondary N) is 2. The highest BCUT2D eigenvalue weighted by Crippen LogP contribution is 2.33. The van der Waals surface area contributed by atoms with Gasteiger partial charge in [-0.2, -0.15) is 18.3 Å². The Balaban J connectivity index is 1.97. The molecule has 9 heteroatoms. The van der Waals surface area contributed by atoms with E-state index in [9.17, 15) is 18.0 Å². The quantitative estimate of drug-likeness (QED) is 0.907. The molecular formula is C14H16F3N5O. The molecule has 2 heterocycles. The van der Waals surface area contributed by atoms with Crippen LogP contribution in [0.15, 0.2) is 30.7 Å². The van der Waals surface area contributed by atoms with E-state index in [2.05, 4.69) is 20.7 Å². The summed E-state index contributed by atoms with van der Waals surface area (Å²) < 4.78 is 39.4. The van der Waals surface area contributed by atoms with Crippen LogP contribution < -0.4 is 10.6 Å². The zero-order valence-electron chi connectivity index (χ0n) is 12.6. The van der Waals surface area contributed by atoms with Crippen LogP contribution in [0.25, 0.3) is 0 Å². The highest BCUT2D eigenvalue weighted by atomic mass is 19.4. The lowest BCUT2D eigenvalue weighted by Crippen LogP contribution is -2.37. The van der Waals surface area contributed by atoms with Crippen molar-refractivity contribution in [1.29, 1.82) is 0 Å². The molecule has 2 rings (SSSR count). The minimum Gasteiger partial charge on any atom is -0.335 e. The molecule has 124 valence electrons. The number of hydrogen-bond donors (Lipinski definition) is 2. The Morgan fingerprint density at radius 3 is 2.78 bits per heavy atom. The normalized spacial score (nSPS) is 12.7. The van der Waals surface area contributed by atoms with E-state index in [-0.39, 0.29) is 11.7 Å². The molecular weight excluding hydrogens is 311 g/mol. The number of anilines is 1. The van der Waals surface area contributed by atoms with Gasteiger partial charge in [0.15, 0.2) is 5.69 Å². The van der Waals surface area contributed by atoms with Crippen molar-refractivity contribution in [2.45, 2.75) is 25.6 Å². The van der Waals surface area contributed by atoms with E-state index in [1.165, 1.54) is 7.05 Å². The first-order valence-electron chi connectivity index (χ1n) is 6.83. The fourth-order valence-electron chi connectivity index (χ4n) is 2.09. The third-order valence-electron chi connectivity index (χ3n) is 2.99. The van der Waals surface area contributed by atoms with Crippen LogP contribution >= 0.6 is 0 Å². The topological polar surface area (TPSA) is 71.8 Å². The van der Waals surface area contributed by atoms with Crippen molar-refractivity contribution < 1.29 is 18.0 Å². The summed E-state index contributed by atoms with van der Waals surface area (Å²) in [7, 11) is 1.35. The molecule has 0 fully saturated rings. The number of nitrogens with zero attached hydrogens (tertiary/aromatic N) is 3. The first-order chi connectivity index (χ1) is 10.8. The fraction of sp³-hybridized carbons (Fsp3) is 0.357. The average molecular weight is 327 g/mol. The molecule has 0 bridgehead atoms. The highest BCUT2D eigenvalue weighted by molar-refractivity contribution is 5.90. The van der Waals surface area contributed by atoms with Gasteiger partial charge in [-0.05, 0) is 25.0 Å². The SMILES string of the molecule is CC(Cc1cccnc1)NC(=O)Nc1cn(C)nc1C(F)(F)F. The molecule has 0 saturated carbocycles. The van der Waals surface area contributed by atoms with Gasteiger partial charge in [0.1, 0.15) is 0 Å². The predicted octanol–water partition coefficient (Wildman–Crippen LogP) is 2.59. The number of halogens is 3. The molecule has 2 amide bonds. The lowest BCUT2D eigenvalue weighted by atomic mass is 10.1. The second kappa shape index (κ2) is 6.67. The van der Waals surface area contributed by atoms with Crippen molar-refractivity contribution in [3.63, 3.8) is 0 Å². The van der Waals surface area contributed by atoms with Crippen molar-refractivity contribution in [2.24, 2.45) is 7.05 Å². The summed E-state index contributed by atoms with van der Waals surface area (Å²) in [5, 5.41) is 8.09. The fourth-order valence-corrected chi connectivity index (χ4v) is 2.09. The van der Waals surface area contributed by atoms with Gasteiger partial charge in [-0.15, -0.1) is 0 Å². The van der Waals surface area contributed by atoms with Crippen LogP contribution in [0.5, 0.6) is 0 Å². The lowest BCUT2D eigenvalue weighted by Gasteiger charge is -2.14. The summed E-state index contributed by atoms with van der Waals surface area (Å²) in [6.45, 7) is 1.75. The van der Waals surface area contributed by atoms with Crippen LogP contribution in [-0.2, 0) is 19.6 Å². The molecule has 1 atom stereocenters. The van der Waals surface area contributed by atoms with Crippen LogP contribution in [-0.4, -0.2) is 26.8 Å². The van der Waals surface area contributed by atoms with Crippen molar-refractivity contribution in [3.8, 4) is 0 Å². The van der Waals surface area contributed by atoms with E-state index in [1.54, 1.807) is 25.4 Å². The Bertz CT molecular complexity index is 669. The summed E-state index contributed by atoms with van der Waals surface area (Å²) >= 11 is 0. The maximum Gasteiger partial charge on any atom is 0.437 e. The summed E-state index contributed by atoms with van der Waals surface area (Å²) in [5.74, 6) is 0. The number of alkyl halides is 3. The second-order valence-corrected chi connectivity index (χ2v) is 5.13. The number of amides is 2. The summed E-state index contributed by atoms with van der Waals surface area (Å²) in [5.41, 5.74) is -0.598. The van der Waals surface area contributed by atoms with Crippen molar-refractivity contribution in [1.82, 2.24) is 20.1 Å². The zero-order valence-corrected chi connectivity index (χ0v) is 12.6. The van der Waals surface area contributed by atoms with Crippen LogP contribution in [0.2, 0.25) is 0 Å². The Hall–Kier alpha value is -2.58. The number of urea groups is 1. The maximum atomic E-state index is 12.8. The van der Waals surface area contributed by atoms with Crippen LogP contribution in [0, 0.1) is 0 Å². The monoisotopic (exact) mass is 327 g/mol. The molecule has 0 radical (unpaired) electrons. The van der Waals surface area contributed by atoms with E-state index in [0.717, 1.165) is 16.4 Å². The minimum atomic E-state index is -4.63. The number of pyridine rings is 1. The molecule has 6 nitrogen and oxygen atoms in total. The summed E-state index contributed by atoms with van der Waals surface area (Å²) in [4.78, 5) is 15.8. The Morgan fingerprint density at radius 2 is 2.17 bits per heavy atom. The molecule has 2 N–H and O–H groups in total. The third-order valence-corrected chi connectivity index (χ3v) is 2.99. The van der Waals surface area contributed by atoms with Gasteiger partial charge in [-0.1, -0.05) is 6.07 Å². The molecule has 1 unspecified atom stereocenters.